The van der Waals surface area contributed by atoms with Crippen LogP contribution < -0.4 is 0 Å². The molecule has 0 aliphatic carbocycles. The highest BCUT2D eigenvalue weighted by Gasteiger charge is 2.15. The zero-order chi connectivity index (χ0) is 14.0. The van der Waals surface area contributed by atoms with E-state index in [0.29, 0.717) is 16.2 Å². The minimum atomic E-state index is -1.01. The minimum absolute atomic E-state index is 0.0143. The van der Waals surface area contributed by atoms with Crippen LogP contribution in [0.2, 0.25) is 5.02 Å². The molecule has 0 aliphatic heterocycles. The van der Waals surface area contributed by atoms with Crippen molar-refractivity contribution in [2.24, 2.45) is 0 Å². The summed E-state index contributed by atoms with van der Waals surface area (Å²) >= 11 is 6.64. The first-order chi connectivity index (χ1) is 9.02. The number of alkyl halides is 1. The van der Waals surface area contributed by atoms with Crippen LogP contribution in [0.5, 0.6) is 0 Å². The van der Waals surface area contributed by atoms with E-state index in [1.807, 2.05) is 0 Å². The van der Waals surface area contributed by atoms with Crippen molar-refractivity contribution < 1.29 is 18.7 Å². The fourth-order valence-corrected chi connectivity index (χ4v) is 2.55. The Bertz CT molecular complexity index is 633. The molecule has 0 spiro atoms. The topological polar surface area (TPSA) is 55.1 Å². The molecule has 2 aromatic rings. The molecule has 0 aliphatic rings. The van der Waals surface area contributed by atoms with Gasteiger partial charge in [-0.3, -0.25) is 4.79 Å². The van der Waals surface area contributed by atoms with E-state index >= 15 is 0 Å². The highest BCUT2D eigenvalue weighted by atomic mass is 35.5. The first-order valence-electron chi connectivity index (χ1n) is 5.28. The fraction of sp³-hybridized carbons (Fsp3) is 0.273. The first-order valence-corrected chi connectivity index (χ1v) is 6.65. The highest BCUT2D eigenvalue weighted by Crippen LogP contribution is 2.28. The molecule has 0 fully saturated rings. The van der Waals surface area contributed by atoms with E-state index in [0.717, 1.165) is 17.8 Å². The molecule has 1 heterocycles. The summed E-state index contributed by atoms with van der Waals surface area (Å²) in [6, 6.07) is 2.51. The van der Waals surface area contributed by atoms with Gasteiger partial charge in [-0.05, 0) is 6.07 Å². The molecule has 0 amide bonds. The van der Waals surface area contributed by atoms with Crippen molar-refractivity contribution in [1.29, 1.82) is 0 Å². The van der Waals surface area contributed by atoms with E-state index in [4.69, 9.17) is 16.7 Å². The second-order valence-electron chi connectivity index (χ2n) is 3.67. The molecule has 1 aromatic heterocycles. The maximum atomic E-state index is 13.3. The number of fused-ring (bicyclic) bond motifs is 1. The summed E-state index contributed by atoms with van der Waals surface area (Å²) in [5, 5.41) is 8.89. The smallest absolute Gasteiger partial charge is 0.313 e. The maximum Gasteiger partial charge on any atom is 0.313 e. The Morgan fingerprint density at radius 2 is 2.26 bits per heavy atom. The average molecular weight is 307 g/mol. The normalized spacial score (nSPS) is 11.1. The van der Waals surface area contributed by atoms with Crippen molar-refractivity contribution in [2.75, 3.05) is 12.4 Å². The standard InChI is InChI=1S/C11H9ClF2N2O2S/c12-6-3-9-8(4-7(6)14)15-11(16(9)2-1-13)19-5-10(17)18/h3-4H,1-2,5H2,(H,17,18). The SMILES string of the molecule is O=C(O)CSc1nc2cc(F)c(Cl)cc2n1CCF. The van der Waals surface area contributed by atoms with Gasteiger partial charge < -0.3 is 9.67 Å². The summed E-state index contributed by atoms with van der Waals surface area (Å²) in [7, 11) is 0. The fourth-order valence-electron chi connectivity index (χ4n) is 1.64. The van der Waals surface area contributed by atoms with E-state index in [-0.39, 0.29) is 17.3 Å². The van der Waals surface area contributed by atoms with Gasteiger partial charge in [-0.2, -0.15) is 0 Å². The van der Waals surface area contributed by atoms with Crippen molar-refractivity contribution >= 4 is 40.4 Å². The second-order valence-corrected chi connectivity index (χ2v) is 5.02. The van der Waals surface area contributed by atoms with Gasteiger partial charge in [0.25, 0.3) is 0 Å². The van der Waals surface area contributed by atoms with E-state index in [2.05, 4.69) is 4.98 Å². The lowest BCUT2D eigenvalue weighted by Gasteiger charge is -2.05. The number of aromatic nitrogens is 2. The number of hydrogen-bond acceptors (Lipinski definition) is 3. The molecule has 1 N–H and O–H groups in total. The number of hydrogen-bond donors (Lipinski definition) is 1. The summed E-state index contributed by atoms with van der Waals surface area (Å²) in [4.78, 5) is 14.7. The van der Waals surface area contributed by atoms with E-state index in [1.165, 1.54) is 10.6 Å². The molecule has 0 unspecified atom stereocenters. The summed E-state index contributed by atoms with van der Waals surface area (Å²) in [6.07, 6.45) is 0. The molecule has 102 valence electrons. The van der Waals surface area contributed by atoms with Gasteiger partial charge in [0.1, 0.15) is 12.5 Å². The van der Waals surface area contributed by atoms with E-state index in [1.54, 1.807) is 0 Å². The Hall–Kier alpha value is -1.34. The lowest BCUT2D eigenvalue weighted by atomic mass is 10.3. The highest BCUT2D eigenvalue weighted by molar-refractivity contribution is 7.99. The Morgan fingerprint density at radius 3 is 2.89 bits per heavy atom. The van der Waals surface area contributed by atoms with Crippen molar-refractivity contribution in [3.63, 3.8) is 0 Å². The van der Waals surface area contributed by atoms with Crippen LogP contribution in [0, 0.1) is 5.82 Å². The van der Waals surface area contributed by atoms with Crippen LogP contribution >= 0.6 is 23.4 Å². The molecular formula is C11H9ClF2N2O2S. The number of nitrogens with zero attached hydrogens (tertiary/aromatic N) is 2. The molecule has 1 aromatic carbocycles. The molecule has 8 heteroatoms. The quantitative estimate of drug-likeness (QED) is 0.863. The van der Waals surface area contributed by atoms with Gasteiger partial charge in [0.05, 0.1) is 28.4 Å². The lowest BCUT2D eigenvalue weighted by molar-refractivity contribution is -0.133. The maximum absolute atomic E-state index is 13.3. The van der Waals surface area contributed by atoms with Crippen LogP contribution in [0.25, 0.3) is 11.0 Å². The van der Waals surface area contributed by atoms with Crippen molar-refractivity contribution in [3.8, 4) is 0 Å². The van der Waals surface area contributed by atoms with Gasteiger partial charge in [-0.1, -0.05) is 23.4 Å². The third-order valence-electron chi connectivity index (χ3n) is 2.39. The number of thioether (sulfide) groups is 1. The van der Waals surface area contributed by atoms with Gasteiger partial charge in [-0.25, -0.2) is 13.8 Å². The number of halogens is 3. The molecule has 0 radical (unpaired) electrons. The van der Waals surface area contributed by atoms with Crippen LogP contribution in [0.4, 0.5) is 8.78 Å². The Kier molecular flexibility index (Phi) is 4.26. The van der Waals surface area contributed by atoms with Gasteiger partial charge in [0.2, 0.25) is 0 Å². The molecule has 0 atom stereocenters. The number of carboxylic acid groups (broad SMARTS) is 1. The molecule has 0 saturated carbocycles. The van der Waals surface area contributed by atoms with Gasteiger partial charge in [-0.15, -0.1) is 0 Å². The van der Waals surface area contributed by atoms with Crippen molar-refractivity contribution in [1.82, 2.24) is 9.55 Å². The third kappa shape index (κ3) is 2.98. The molecule has 0 saturated heterocycles. The van der Waals surface area contributed by atoms with Crippen LogP contribution in [-0.2, 0) is 11.3 Å². The van der Waals surface area contributed by atoms with Crippen LogP contribution in [0.15, 0.2) is 17.3 Å². The largest absolute Gasteiger partial charge is 0.481 e. The Labute approximate surface area is 116 Å². The number of benzene rings is 1. The average Bonchev–Trinajstić information content (AvgIpc) is 2.66. The molecule has 19 heavy (non-hydrogen) atoms. The molecule has 2 rings (SSSR count). The summed E-state index contributed by atoms with van der Waals surface area (Å²) in [5.41, 5.74) is 0.806. The van der Waals surface area contributed by atoms with Crippen molar-refractivity contribution in [2.45, 2.75) is 11.7 Å². The number of aliphatic carboxylic acids is 1. The van der Waals surface area contributed by atoms with Crippen LogP contribution in [0.3, 0.4) is 0 Å². The number of carbonyl (C=O) groups is 1. The van der Waals surface area contributed by atoms with Gasteiger partial charge >= 0.3 is 5.97 Å². The van der Waals surface area contributed by atoms with Crippen LogP contribution in [-0.4, -0.2) is 33.1 Å². The predicted octanol–water partition coefficient (Wildman–Crippen LogP) is 2.98. The Balaban J connectivity index is 2.49. The number of imidazole rings is 1. The zero-order valence-corrected chi connectivity index (χ0v) is 11.1. The lowest BCUT2D eigenvalue weighted by Crippen LogP contribution is -2.04. The summed E-state index contributed by atoms with van der Waals surface area (Å²) in [6.45, 7) is -0.624. The van der Waals surface area contributed by atoms with Crippen molar-refractivity contribution in [3.05, 3.63) is 23.0 Å². The zero-order valence-electron chi connectivity index (χ0n) is 9.57. The third-order valence-corrected chi connectivity index (χ3v) is 3.64. The predicted molar refractivity (Wildman–Crippen MR) is 69.0 cm³/mol. The van der Waals surface area contributed by atoms with Crippen LogP contribution in [0.1, 0.15) is 0 Å². The summed E-state index contributed by atoms with van der Waals surface area (Å²) in [5.74, 6) is -1.83. The number of rotatable bonds is 5. The molecule has 0 bridgehead atoms. The van der Waals surface area contributed by atoms with E-state index in [9.17, 15) is 13.6 Å². The minimum Gasteiger partial charge on any atom is -0.481 e. The number of carboxylic acids is 1. The Morgan fingerprint density at radius 1 is 1.53 bits per heavy atom. The first kappa shape index (κ1) is 14.1. The van der Waals surface area contributed by atoms with Gasteiger partial charge in [0, 0.05) is 6.07 Å². The monoisotopic (exact) mass is 306 g/mol. The number of aryl methyl sites for hydroxylation is 1. The van der Waals surface area contributed by atoms with Gasteiger partial charge in [0.15, 0.2) is 5.16 Å². The molecule has 4 nitrogen and oxygen atoms in total. The molecular weight excluding hydrogens is 298 g/mol. The summed E-state index contributed by atoms with van der Waals surface area (Å²) < 4.78 is 27.4. The van der Waals surface area contributed by atoms with E-state index < -0.39 is 18.5 Å². The second kappa shape index (κ2) is 5.75.